The number of ether oxygens (including phenoxy) is 1. The van der Waals surface area contributed by atoms with E-state index in [0.29, 0.717) is 5.92 Å². The van der Waals surface area contributed by atoms with Crippen molar-refractivity contribution in [3.63, 3.8) is 0 Å². The van der Waals surface area contributed by atoms with E-state index in [-0.39, 0.29) is 17.8 Å². The van der Waals surface area contributed by atoms with Gasteiger partial charge in [-0.3, -0.25) is 0 Å². The Morgan fingerprint density at radius 2 is 2.16 bits per heavy atom. The fourth-order valence-electron chi connectivity index (χ4n) is 3.30. The predicted octanol–water partition coefficient (Wildman–Crippen LogP) is 3.85. The van der Waals surface area contributed by atoms with Gasteiger partial charge in [-0.2, -0.15) is 0 Å². The van der Waals surface area contributed by atoms with E-state index in [4.69, 9.17) is 10.5 Å². The molecule has 0 spiro atoms. The number of benzene rings is 1. The first-order chi connectivity index (χ1) is 9.15. The maximum absolute atomic E-state index is 13.5. The van der Waals surface area contributed by atoms with Gasteiger partial charge < -0.3 is 10.5 Å². The summed E-state index contributed by atoms with van der Waals surface area (Å²) in [5.41, 5.74) is 7.21. The summed E-state index contributed by atoms with van der Waals surface area (Å²) in [5.74, 6) is 1.48. The van der Waals surface area contributed by atoms with Gasteiger partial charge in [0.15, 0.2) is 0 Å². The van der Waals surface area contributed by atoms with E-state index in [9.17, 15) is 4.39 Å². The third kappa shape index (κ3) is 3.27. The van der Waals surface area contributed by atoms with Crippen molar-refractivity contribution in [1.82, 2.24) is 0 Å². The quantitative estimate of drug-likeness (QED) is 0.897. The maximum atomic E-state index is 13.5. The molecule has 1 aliphatic rings. The van der Waals surface area contributed by atoms with Crippen LogP contribution < -0.4 is 10.5 Å². The van der Waals surface area contributed by atoms with E-state index in [1.54, 1.807) is 19.2 Å². The lowest BCUT2D eigenvalue weighted by molar-refractivity contribution is 0.269. The van der Waals surface area contributed by atoms with E-state index in [1.807, 2.05) is 0 Å². The molecule has 0 radical (unpaired) electrons. The largest absolute Gasteiger partial charge is 0.496 e. The zero-order valence-electron chi connectivity index (χ0n) is 11.9. The lowest BCUT2D eigenvalue weighted by Gasteiger charge is -2.35. The Balaban J connectivity index is 2.25. The molecule has 3 unspecified atom stereocenters. The van der Waals surface area contributed by atoms with Crippen LogP contribution in [0, 0.1) is 11.7 Å². The van der Waals surface area contributed by atoms with Crippen LogP contribution in [0.1, 0.15) is 50.5 Å². The Kier molecular flexibility index (Phi) is 4.81. The van der Waals surface area contributed by atoms with Crippen LogP contribution in [0.4, 0.5) is 4.39 Å². The average molecular weight is 265 g/mol. The predicted molar refractivity (Wildman–Crippen MR) is 75.9 cm³/mol. The van der Waals surface area contributed by atoms with Crippen molar-refractivity contribution in [2.45, 2.75) is 51.0 Å². The van der Waals surface area contributed by atoms with Gasteiger partial charge in [0.25, 0.3) is 0 Å². The van der Waals surface area contributed by atoms with Gasteiger partial charge in [0.2, 0.25) is 0 Å². The molecule has 1 fully saturated rings. The Labute approximate surface area is 115 Å². The molecule has 0 aromatic heterocycles. The van der Waals surface area contributed by atoms with Crippen molar-refractivity contribution in [2.75, 3.05) is 7.11 Å². The molecular weight excluding hydrogens is 241 g/mol. The number of rotatable bonds is 4. The summed E-state index contributed by atoms with van der Waals surface area (Å²) in [6.07, 6.45) is 5.71. The van der Waals surface area contributed by atoms with E-state index < -0.39 is 0 Å². The minimum absolute atomic E-state index is 0.115. The van der Waals surface area contributed by atoms with Crippen LogP contribution in [0.3, 0.4) is 0 Å². The van der Waals surface area contributed by atoms with Crippen molar-refractivity contribution in [3.05, 3.63) is 29.6 Å². The van der Waals surface area contributed by atoms with E-state index in [0.717, 1.165) is 24.2 Å². The van der Waals surface area contributed by atoms with Crippen molar-refractivity contribution >= 4 is 0 Å². The number of halogens is 1. The standard InChI is InChI=1S/C16H24FNO/c1-3-4-11-5-7-15(18)13(9-11)14-10-12(17)6-8-16(14)19-2/h6,8,10-11,13,15H,3-5,7,9,18H2,1-2H3. The third-order valence-electron chi connectivity index (χ3n) is 4.30. The highest BCUT2D eigenvalue weighted by Crippen LogP contribution is 2.40. The molecule has 2 nitrogen and oxygen atoms in total. The van der Waals surface area contributed by atoms with Gasteiger partial charge in [-0.05, 0) is 43.4 Å². The molecule has 0 aliphatic heterocycles. The van der Waals surface area contributed by atoms with Crippen LogP contribution in [0.2, 0.25) is 0 Å². The lowest BCUT2D eigenvalue weighted by Crippen LogP contribution is -2.34. The minimum atomic E-state index is -0.208. The van der Waals surface area contributed by atoms with Gasteiger partial charge in [0.1, 0.15) is 11.6 Å². The van der Waals surface area contributed by atoms with Crippen LogP contribution in [-0.4, -0.2) is 13.2 Å². The third-order valence-corrected chi connectivity index (χ3v) is 4.30. The fraction of sp³-hybridized carbons (Fsp3) is 0.625. The fourth-order valence-corrected chi connectivity index (χ4v) is 3.30. The van der Waals surface area contributed by atoms with Crippen LogP contribution >= 0.6 is 0 Å². The molecule has 19 heavy (non-hydrogen) atoms. The first-order valence-electron chi connectivity index (χ1n) is 7.24. The second kappa shape index (κ2) is 6.38. The van der Waals surface area contributed by atoms with Crippen LogP contribution in [0.15, 0.2) is 18.2 Å². The summed E-state index contributed by atoms with van der Waals surface area (Å²) < 4.78 is 18.9. The summed E-state index contributed by atoms with van der Waals surface area (Å²) in [6, 6.07) is 4.86. The first kappa shape index (κ1) is 14.3. The molecule has 0 amide bonds. The molecule has 0 saturated heterocycles. The molecule has 3 heteroatoms. The van der Waals surface area contributed by atoms with Crippen LogP contribution in [0.25, 0.3) is 0 Å². The van der Waals surface area contributed by atoms with Crippen LogP contribution in [-0.2, 0) is 0 Å². The normalized spacial score (nSPS) is 27.3. The SMILES string of the molecule is CCCC1CCC(N)C(c2cc(F)ccc2OC)C1. The zero-order chi connectivity index (χ0) is 13.8. The van der Waals surface area contributed by atoms with E-state index >= 15 is 0 Å². The topological polar surface area (TPSA) is 35.2 Å². The minimum Gasteiger partial charge on any atom is -0.496 e. The molecule has 3 atom stereocenters. The van der Waals surface area contributed by atoms with Gasteiger partial charge in [0.05, 0.1) is 7.11 Å². The lowest BCUT2D eigenvalue weighted by atomic mass is 9.73. The summed E-state index contributed by atoms with van der Waals surface area (Å²) >= 11 is 0. The molecule has 2 rings (SSSR count). The molecule has 2 N–H and O–H groups in total. The number of methoxy groups -OCH3 is 1. The maximum Gasteiger partial charge on any atom is 0.123 e. The molecule has 106 valence electrons. The number of nitrogens with two attached hydrogens (primary N) is 1. The molecule has 1 aromatic carbocycles. The molecule has 1 aliphatic carbocycles. The Morgan fingerprint density at radius 3 is 2.84 bits per heavy atom. The molecule has 1 aromatic rings. The van der Waals surface area contributed by atoms with Crippen LogP contribution in [0.5, 0.6) is 5.75 Å². The van der Waals surface area contributed by atoms with Crippen molar-refractivity contribution in [3.8, 4) is 5.75 Å². The van der Waals surface area contributed by atoms with Crippen molar-refractivity contribution in [2.24, 2.45) is 11.7 Å². The summed E-state index contributed by atoms with van der Waals surface area (Å²) in [4.78, 5) is 0. The molecule has 1 saturated carbocycles. The summed E-state index contributed by atoms with van der Waals surface area (Å²) in [6.45, 7) is 2.21. The van der Waals surface area contributed by atoms with Gasteiger partial charge in [0, 0.05) is 17.5 Å². The van der Waals surface area contributed by atoms with Crippen molar-refractivity contribution in [1.29, 1.82) is 0 Å². The highest BCUT2D eigenvalue weighted by Gasteiger charge is 2.30. The number of hydrogen-bond acceptors (Lipinski definition) is 2. The summed E-state index contributed by atoms with van der Waals surface area (Å²) in [7, 11) is 1.63. The average Bonchev–Trinajstić information content (AvgIpc) is 2.41. The van der Waals surface area contributed by atoms with Gasteiger partial charge >= 0.3 is 0 Å². The van der Waals surface area contributed by atoms with E-state index in [2.05, 4.69) is 6.92 Å². The monoisotopic (exact) mass is 265 g/mol. The Morgan fingerprint density at radius 1 is 1.37 bits per heavy atom. The Hall–Kier alpha value is -1.09. The smallest absolute Gasteiger partial charge is 0.123 e. The summed E-state index contributed by atoms with van der Waals surface area (Å²) in [5, 5.41) is 0. The molecule has 0 bridgehead atoms. The highest BCUT2D eigenvalue weighted by molar-refractivity contribution is 5.38. The first-order valence-corrected chi connectivity index (χ1v) is 7.24. The second-order valence-electron chi connectivity index (χ2n) is 5.62. The number of hydrogen-bond donors (Lipinski definition) is 1. The van der Waals surface area contributed by atoms with Crippen molar-refractivity contribution < 1.29 is 9.13 Å². The zero-order valence-corrected chi connectivity index (χ0v) is 11.9. The second-order valence-corrected chi connectivity index (χ2v) is 5.62. The van der Waals surface area contributed by atoms with Gasteiger partial charge in [-0.1, -0.05) is 19.8 Å². The van der Waals surface area contributed by atoms with Gasteiger partial charge in [-0.25, -0.2) is 4.39 Å². The molecular formula is C16H24FNO. The molecule has 0 heterocycles. The Bertz CT molecular complexity index is 421. The highest BCUT2D eigenvalue weighted by atomic mass is 19.1. The van der Waals surface area contributed by atoms with Gasteiger partial charge in [-0.15, -0.1) is 0 Å². The van der Waals surface area contributed by atoms with E-state index in [1.165, 1.54) is 25.3 Å².